The second-order valence-electron chi connectivity index (χ2n) is 13.4. The molecule has 5 N–H and O–H groups in total. The fourth-order valence-corrected chi connectivity index (χ4v) is 5.29. The van der Waals surface area contributed by atoms with Gasteiger partial charge in [-0.05, 0) is 68.1 Å². The quantitative estimate of drug-likeness (QED) is 0.0260. The molecule has 2 atom stereocenters. The zero-order chi connectivity index (χ0) is 44.3. The van der Waals surface area contributed by atoms with E-state index >= 15 is 0 Å². The summed E-state index contributed by atoms with van der Waals surface area (Å²) in [7, 11) is 2.51. The molecule has 3 heterocycles. The van der Waals surface area contributed by atoms with Crippen molar-refractivity contribution in [3.05, 3.63) is 83.6 Å². The summed E-state index contributed by atoms with van der Waals surface area (Å²) in [5, 5.41) is 8.28. The highest BCUT2D eigenvalue weighted by molar-refractivity contribution is 8.59. The molecule has 0 aliphatic carbocycles. The van der Waals surface area contributed by atoms with E-state index in [1.165, 1.54) is 27.1 Å². The van der Waals surface area contributed by atoms with Crippen molar-refractivity contribution in [3.8, 4) is 23.1 Å². The van der Waals surface area contributed by atoms with Crippen LogP contribution >= 0.6 is 23.3 Å². The number of nitrogens with one attached hydrogen (secondary N) is 5. The second-order valence-corrected chi connectivity index (χ2v) is 13.4. The molecule has 3 amide bonds. The Labute approximate surface area is 359 Å². The molecule has 1 saturated heterocycles. The molecule has 1 aliphatic heterocycles. The summed E-state index contributed by atoms with van der Waals surface area (Å²) in [6.07, 6.45) is 4.88. The van der Waals surface area contributed by atoms with Crippen LogP contribution < -0.4 is 16.0 Å². The number of thiol groups is 2. The number of hydrogen-bond acceptors (Lipinski definition) is 11. The van der Waals surface area contributed by atoms with E-state index in [0.29, 0.717) is 24.7 Å². The molecular weight excluding hydrogens is 789 g/mol. The Kier molecular flexibility index (Phi) is 25.5. The lowest BCUT2D eigenvalue weighted by Crippen LogP contribution is -2.40. The minimum atomic E-state index is -0.661. The molecule has 14 nitrogen and oxygen atoms in total. The van der Waals surface area contributed by atoms with Crippen LogP contribution in [0.25, 0.3) is 22.3 Å². The van der Waals surface area contributed by atoms with Crippen molar-refractivity contribution in [2.24, 2.45) is 5.92 Å². The molecule has 0 spiro atoms. The lowest BCUT2D eigenvalue weighted by molar-refractivity contribution is -0.130. The minimum Gasteiger partial charge on any atom is -0.453 e. The Bertz CT molecular complexity index is 1950. The number of hydrogen-bond donors (Lipinski definition) is 7. The van der Waals surface area contributed by atoms with E-state index in [1.54, 1.807) is 4.90 Å². The number of aromatic amines is 2. The number of carbonyl (C=O) groups excluding carboxylic acids is 4. The monoisotopic (exact) mass is 850 g/mol. The molecule has 2 unspecified atom stereocenters. The Hall–Kier alpha value is -5.24. The standard InChI is InChI=1S/C31H33N7O3.C7H13NO3.C3H8.C2H6.H2S2/c1-20(2)18-38(29(39)17-34-31(40)41-3)19-28-35-24-13-10-22(15-26(24)36-28)7-6-21-8-11-23(12-9-21)27-16-33-30(37-27)25-5-4-14-32-25;1-5(2)6(4-9)8-7(10)11-3;1-3-2;2*1-2/h8-13,15-16,25,32H,1,4-5,14,17-19H2,2-3H3,(H,33,37)(H,34,40)(H,35,36);4-6H,1-3H3,(H,8,10);3H2,1-2H3;1-2H3;1-2H. The lowest BCUT2D eigenvalue weighted by Gasteiger charge is -2.21. The maximum Gasteiger partial charge on any atom is 0.407 e. The van der Waals surface area contributed by atoms with Gasteiger partial charge in [-0.25, -0.2) is 19.6 Å². The number of rotatable bonds is 11. The van der Waals surface area contributed by atoms with Crippen LogP contribution in [-0.2, 0) is 25.6 Å². The summed E-state index contributed by atoms with van der Waals surface area (Å²) < 4.78 is 8.87. The summed E-state index contributed by atoms with van der Waals surface area (Å²) in [5.74, 6) is 7.89. The summed E-state index contributed by atoms with van der Waals surface area (Å²) in [6.45, 7) is 19.1. The van der Waals surface area contributed by atoms with Gasteiger partial charge in [0.1, 0.15) is 24.5 Å². The van der Waals surface area contributed by atoms with E-state index in [-0.39, 0.29) is 24.9 Å². The average Bonchev–Trinajstić information content (AvgIpc) is 4.04. The normalized spacial score (nSPS) is 12.8. The molecule has 0 radical (unpaired) electrons. The number of carbonyl (C=O) groups is 4. The Morgan fingerprint density at radius 2 is 1.64 bits per heavy atom. The summed E-state index contributed by atoms with van der Waals surface area (Å²) in [6, 6.07) is 13.7. The van der Waals surface area contributed by atoms with Gasteiger partial charge in [0.2, 0.25) is 5.91 Å². The smallest absolute Gasteiger partial charge is 0.407 e. The van der Waals surface area contributed by atoms with Crippen molar-refractivity contribution in [1.29, 1.82) is 0 Å². The summed E-state index contributed by atoms with van der Waals surface area (Å²) in [4.78, 5) is 62.5. The molecule has 2 aromatic heterocycles. The Balaban J connectivity index is 0.000000820. The van der Waals surface area contributed by atoms with Crippen LogP contribution in [-0.4, -0.2) is 89.1 Å². The predicted molar refractivity (Wildman–Crippen MR) is 242 cm³/mol. The predicted octanol–water partition coefficient (Wildman–Crippen LogP) is 7.81. The minimum absolute atomic E-state index is 0.0894. The number of imidazole rings is 2. The third kappa shape index (κ3) is 18.5. The number of nitrogens with zero attached hydrogens (tertiary/aromatic N) is 3. The highest BCUT2D eigenvalue weighted by Crippen LogP contribution is 2.24. The van der Waals surface area contributed by atoms with Crippen LogP contribution in [0.15, 0.2) is 60.8 Å². The van der Waals surface area contributed by atoms with E-state index in [0.717, 1.165) is 57.8 Å². The van der Waals surface area contributed by atoms with E-state index < -0.39 is 18.2 Å². The number of ether oxygens (including phenoxy) is 2. The van der Waals surface area contributed by atoms with Gasteiger partial charge in [0.15, 0.2) is 0 Å². The van der Waals surface area contributed by atoms with Crippen LogP contribution in [0.2, 0.25) is 0 Å². The van der Waals surface area contributed by atoms with Gasteiger partial charge in [0.25, 0.3) is 0 Å². The van der Waals surface area contributed by atoms with Crippen molar-refractivity contribution in [2.75, 3.05) is 33.9 Å². The fraction of sp³-hybridized carbons (Fsp3) is 0.442. The third-order valence-electron chi connectivity index (χ3n) is 8.12. The number of alkyl carbamates (subject to hydrolysis) is 2. The maximum atomic E-state index is 12.7. The van der Waals surface area contributed by atoms with Crippen molar-refractivity contribution < 1.29 is 28.7 Å². The summed E-state index contributed by atoms with van der Waals surface area (Å²) in [5.41, 5.74) is 6.23. The zero-order valence-electron chi connectivity index (χ0n) is 35.8. The van der Waals surface area contributed by atoms with E-state index in [2.05, 4.69) is 101 Å². The molecule has 5 rings (SSSR count). The van der Waals surface area contributed by atoms with Gasteiger partial charge >= 0.3 is 12.2 Å². The van der Waals surface area contributed by atoms with Gasteiger partial charge < -0.3 is 45.1 Å². The molecule has 2 aromatic carbocycles. The van der Waals surface area contributed by atoms with Crippen LogP contribution in [0, 0.1) is 17.8 Å². The summed E-state index contributed by atoms with van der Waals surface area (Å²) >= 11 is 6.44. The van der Waals surface area contributed by atoms with Crippen LogP contribution in [0.1, 0.15) is 96.5 Å². The first-order valence-electron chi connectivity index (χ1n) is 19.5. The molecule has 16 heteroatoms. The SMILES string of the molecule is C=C(C)CN(Cc1nc2ccc(C#Cc3ccc(-c4cnc(C5CCCN5)[nH]4)cc3)cc2[nH]1)C(=O)CNC(=O)OC.CC.CCC.COC(=O)NC(C=O)C(C)C.SS. The van der Waals surface area contributed by atoms with Crippen molar-refractivity contribution in [1.82, 2.24) is 40.8 Å². The topological polar surface area (TPSA) is 183 Å². The third-order valence-corrected chi connectivity index (χ3v) is 8.12. The molecular formula is C43H62N8O6S2. The molecule has 59 heavy (non-hydrogen) atoms. The van der Waals surface area contributed by atoms with Crippen LogP contribution in [0.5, 0.6) is 0 Å². The first kappa shape index (κ1) is 51.8. The maximum absolute atomic E-state index is 12.7. The molecule has 0 bridgehead atoms. The molecule has 1 fully saturated rings. The van der Waals surface area contributed by atoms with Gasteiger partial charge in [0.05, 0.1) is 55.8 Å². The average molecular weight is 851 g/mol. The highest BCUT2D eigenvalue weighted by atomic mass is 33.1. The number of H-pyrrole nitrogens is 2. The van der Waals surface area contributed by atoms with Crippen molar-refractivity contribution >= 4 is 58.7 Å². The molecule has 322 valence electrons. The largest absolute Gasteiger partial charge is 0.453 e. The van der Waals surface area contributed by atoms with Crippen LogP contribution in [0.4, 0.5) is 9.59 Å². The van der Waals surface area contributed by atoms with E-state index in [9.17, 15) is 19.2 Å². The number of benzene rings is 2. The lowest BCUT2D eigenvalue weighted by atomic mass is 10.1. The van der Waals surface area contributed by atoms with Gasteiger partial charge in [-0.1, -0.05) is 84.1 Å². The molecule has 0 saturated carbocycles. The van der Waals surface area contributed by atoms with Crippen molar-refractivity contribution in [2.45, 2.75) is 86.4 Å². The van der Waals surface area contributed by atoms with Crippen LogP contribution in [0.3, 0.4) is 0 Å². The van der Waals surface area contributed by atoms with Gasteiger partial charge in [-0.2, -0.15) is 0 Å². The van der Waals surface area contributed by atoms with E-state index in [1.807, 2.05) is 83.3 Å². The Morgan fingerprint density at radius 1 is 1.02 bits per heavy atom. The van der Waals surface area contributed by atoms with Crippen molar-refractivity contribution in [3.63, 3.8) is 0 Å². The van der Waals surface area contributed by atoms with Gasteiger partial charge in [-0.3, -0.25) is 4.79 Å². The number of aldehydes is 1. The second kappa shape index (κ2) is 29.0. The zero-order valence-corrected chi connectivity index (χ0v) is 37.6. The van der Waals surface area contributed by atoms with Gasteiger partial charge in [0, 0.05) is 17.7 Å². The first-order valence-corrected chi connectivity index (χ1v) is 21.1. The molecule has 1 aliphatic rings. The highest BCUT2D eigenvalue weighted by Gasteiger charge is 2.20. The first-order chi connectivity index (χ1) is 28.4. The number of methoxy groups -OCH3 is 2. The molecule has 4 aromatic rings. The fourth-order valence-electron chi connectivity index (χ4n) is 5.29. The van der Waals surface area contributed by atoms with E-state index in [4.69, 9.17) is 0 Å². The van der Waals surface area contributed by atoms with Gasteiger partial charge in [-0.15, -0.1) is 23.3 Å². The Morgan fingerprint density at radius 3 is 2.20 bits per heavy atom. The number of amides is 3. The number of fused-ring (bicyclic) bond motifs is 1. The number of aromatic nitrogens is 4.